The van der Waals surface area contributed by atoms with E-state index in [9.17, 15) is 4.79 Å². The van der Waals surface area contributed by atoms with E-state index in [0.29, 0.717) is 19.5 Å². The fourth-order valence-corrected chi connectivity index (χ4v) is 2.29. The SMILES string of the molecule is COC(=O)C(NCCCN=[N+]=[N-])c1scnc1C. The Hall–Kier alpha value is -1.63. The third kappa shape index (κ3) is 3.99. The predicted octanol–water partition coefficient (Wildman–Crippen LogP) is 1.96. The number of hydrogen-bond donors (Lipinski definition) is 1. The smallest absolute Gasteiger partial charge is 0.328 e. The maximum atomic E-state index is 11.7. The average Bonchev–Trinajstić information content (AvgIpc) is 2.79. The standard InChI is InChI=1S/C10H15N5O2S/c1-7-9(18-6-13-7)8(10(16)17-2)12-4-3-5-14-15-11/h6,8,12H,3-5H2,1-2H3. The van der Waals surface area contributed by atoms with Crippen molar-refractivity contribution in [2.45, 2.75) is 19.4 Å². The highest BCUT2D eigenvalue weighted by atomic mass is 32.1. The van der Waals surface area contributed by atoms with Crippen molar-refractivity contribution in [1.29, 1.82) is 0 Å². The van der Waals surface area contributed by atoms with Crippen LogP contribution >= 0.6 is 11.3 Å². The Kier molecular flexibility index (Phi) is 6.13. The molecule has 18 heavy (non-hydrogen) atoms. The summed E-state index contributed by atoms with van der Waals surface area (Å²) < 4.78 is 4.76. The van der Waals surface area contributed by atoms with E-state index in [-0.39, 0.29) is 5.97 Å². The van der Waals surface area contributed by atoms with Crippen molar-refractivity contribution in [2.24, 2.45) is 5.11 Å². The van der Waals surface area contributed by atoms with E-state index in [0.717, 1.165) is 10.6 Å². The van der Waals surface area contributed by atoms with Crippen LogP contribution in [0.3, 0.4) is 0 Å². The van der Waals surface area contributed by atoms with Crippen LogP contribution in [0.2, 0.25) is 0 Å². The highest BCUT2D eigenvalue weighted by Gasteiger charge is 2.24. The number of nitrogens with one attached hydrogen (secondary N) is 1. The van der Waals surface area contributed by atoms with Gasteiger partial charge in [-0.3, -0.25) is 5.32 Å². The normalized spacial score (nSPS) is 11.7. The monoisotopic (exact) mass is 269 g/mol. The summed E-state index contributed by atoms with van der Waals surface area (Å²) in [7, 11) is 1.35. The predicted molar refractivity (Wildman–Crippen MR) is 68.2 cm³/mol. The van der Waals surface area contributed by atoms with Crippen LogP contribution in [0.4, 0.5) is 0 Å². The molecule has 7 nitrogen and oxygen atoms in total. The summed E-state index contributed by atoms with van der Waals surface area (Å²) in [6.45, 7) is 2.82. The van der Waals surface area contributed by atoms with Gasteiger partial charge in [-0.2, -0.15) is 0 Å². The maximum Gasteiger partial charge on any atom is 0.328 e. The molecule has 0 amide bonds. The Bertz CT molecular complexity index is 441. The molecule has 0 spiro atoms. The molecule has 0 saturated carbocycles. The van der Waals surface area contributed by atoms with Gasteiger partial charge in [0.15, 0.2) is 0 Å². The number of carbonyl (C=O) groups excluding carboxylic acids is 1. The number of aromatic nitrogens is 1. The van der Waals surface area contributed by atoms with Gasteiger partial charge in [-0.25, -0.2) is 9.78 Å². The number of rotatable bonds is 7. The zero-order chi connectivity index (χ0) is 13.4. The van der Waals surface area contributed by atoms with E-state index in [1.54, 1.807) is 5.51 Å². The van der Waals surface area contributed by atoms with Crippen molar-refractivity contribution in [3.05, 3.63) is 26.5 Å². The fourth-order valence-electron chi connectivity index (χ4n) is 1.43. The summed E-state index contributed by atoms with van der Waals surface area (Å²) in [4.78, 5) is 19.3. The third-order valence-corrected chi connectivity index (χ3v) is 3.32. The second-order valence-corrected chi connectivity index (χ2v) is 4.41. The number of esters is 1. The molecule has 0 saturated heterocycles. The minimum Gasteiger partial charge on any atom is -0.468 e. The quantitative estimate of drug-likeness (QED) is 0.269. The molecule has 0 aliphatic rings. The number of thiazole rings is 1. The van der Waals surface area contributed by atoms with E-state index < -0.39 is 6.04 Å². The molecule has 1 aromatic rings. The summed E-state index contributed by atoms with van der Waals surface area (Å²) in [5.41, 5.74) is 10.7. The second kappa shape index (κ2) is 7.65. The van der Waals surface area contributed by atoms with E-state index in [2.05, 4.69) is 20.3 Å². The van der Waals surface area contributed by atoms with Crippen LogP contribution < -0.4 is 5.32 Å². The molecule has 8 heteroatoms. The number of ether oxygens (including phenoxy) is 1. The van der Waals surface area contributed by atoms with Crippen molar-refractivity contribution in [3.63, 3.8) is 0 Å². The average molecular weight is 269 g/mol. The molecule has 1 heterocycles. The Morgan fingerprint density at radius 1 is 1.78 bits per heavy atom. The maximum absolute atomic E-state index is 11.7. The Balaban J connectivity index is 2.60. The lowest BCUT2D eigenvalue weighted by Crippen LogP contribution is -2.30. The Morgan fingerprint density at radius 2 is 2.56 bits per heavy atom. The van der Waals surface area contributed by atoms with Gasteiger partial charge in [0, 0.05) is 11.5 Å². The Labute approximate surface area is 109 Å². The third-order valence-electron chi connectivity index (χ3n) is 2.33. The van der Waals surface area contributed by atoms with Crippen LogP contribution in [0, 0.1) is 6.92 Å². The van der Waals surface area contributed by atoms with Crippen LogP contribution in [0.1, 0.15) is 23.0 Å². The summed E-state index contributed by atoms with van der Waals surface area (Å²) in [5, 5.41) is 6.51. The van der Waals surface area contributed by atoms with E-state index in [1.807, 2.05) is 6.92 Å². The lowest BCUT2D eigenvalue weighted by molar-refractivity contribution is -0.143. The van der Waals surface area contributed by atoms with Gasteiger partial charge in [-0.1, -0.05) is 5.11 Å². The van der Waals surface area contributed by atoms with Crippen molar-refractivity contribution in [3.8, 4) is 0 Å². The van der Waals surface area contributed by atoms with Crippen molar-refractivity contribution >= 4 is 17.3 Å². The first-order chi connectivity index (χ1) is 8.70. The summed E-state index contributed by atoms with van der Waals surface area (Å²) in [5.74, 6) is -0.342. The molecule has 0 aromatic carbocycles. The Morgan fingerprint density at radius 3 is 3.11 bits per heavy atom. The molecular weight excluding hydrogens is 254 g/mol. The number of aryl methyl sites for hydroxylation is 1. The van der Waals surface area contributed by atoms with E-state index in [1.165, 1.54) is 18.4 Å². The minimum absolute atomic E-state index is 0.342. The number of azide groups is 1. The van der Waals surface area contributed by atoms with Gasteiger partial charge < -0.3 is 4.74 Å². The van der Waals surface area contributed by atoms with Crippen molar-refractivity contribution in [1.82, 2.24) is 10.3 Å². The van der Waals surface area contributed by atoms with Gasteiger partial charge in [0.2, 0.25) is 0 Å². The summed E-state index contributed by atoms with van der Waals surface area (Å²) in [6, 6.07) is -0.506. The highest BCUT2D eigenvalue weighted by molar-refractivity contribution is 7.10. The number of methoxy groups -OCH3 is 1. The molecule has 0 aliphatic heterocycles. The van der Waals surface area contributed by atoms with Gasteiger partial charge in [0.25, 0.3) is 0 Å². The molecule has 0 radical (unpaired) electrons. The molecule has 1 rings (SSSR count). The van der Waals surface area contributed by atoms with E-state index >= 15 is 0 Å². The second-order valence-electron chi connectivity index (χ2n) is 3.52. The lowest BCUT2D eigenvalue weighted by Gasteiger charge is -2.15. The van der Waals surface area contributed by atoms with Crippen molar-refractivity contribution < 1.29 is 9.53 Å². The van der Waals surface area contributed by atoms with Crippen molar-refractivity contribution in [2.75, 3.05) is 20.2 Å². The van der Waals surface area contributed by atoms with Gasteiger partial charge in [-0.15, -0.1) is 11.3 Å². The molecule has 1 aromatic heterocycles. The molecular formula is C10H15N5O2S. The number of carbonyl (C=O) groups is 1. The highest BCUT2D eigenvalue weighted by Crippen LogP contribution is 2.22. The van der Waals surface area contributed by atoms with Crippen LogP contribution in [-0.4, -0.2) is 31.2 Å². The van der Waals surface area contributed by atoms with Crippen LogP contribution in [0.15, 0.2) is 10.6 Å². The van der Waals surface area contributed by atoms with E-state index in [4.69, 9.17) is 10.3 Å². The van der Waals surface area contributed by atoms with Gasteiger partial charge in [-0.05, 0) is 25.4 Å². The minimum atomic E-state index is -0.506. The first kappa shape index (κ1) is 14.4. The summed E-state index contributed by atoms with van der Waals surface area (Å²) in [6.07, 6.45) is 0.662. The topological polar surface area (TPSA) is 100.0 Å². The first-order valence-corrected chi connectivity index (χ1v) is 6.30. The molecule has 98 valence electrons. The first-order valence-electron chi connectivity index (χ1n) is 5.42. The molecule has 0 fully saturated rings. The van der Waals surface area contributed by atoms with Gasteiger partial charge in [0.05, 0.1) is 23.2 Å². The lowest BCUT2D eigenvalue weighted by atomic mass is 10.2. The fraction of sp³-hybridized carbons (Fsp3) is 0.600. The van der Waals surface area contributed by atoms with Crippen LogP contribution in [0.25, 0.3) is 10.4 Å². The van der Waals surface area contributed by atoms with Crippen LogP contribution in [0.5, 0.6) is 0 Å². The molecule has 1 unspecified atom stereocenters. The van der Waals surface area contributed by atoms with Gasteiger partial charge in [0.1, 0.15) is 6.04 Å². The van der Waals surface area contributed by atoms with Gasteiger partial charge >= 0.3 is 5.97 Å². The molecule has 1 atom stereocenters. The zero-order valence-electron chi connectivity index (χ0n) is 10.3. The van der Waals surface area contributed by atoms with Crippen LogP contribution in [-0.2, 0) is 9.53 Å². The molecule has 0 bridgehead atoms. The molecule has 1 N–H and O–H groups in total. The summed E-state index contributed by atoms with van der Waals surface area (Å²) >= 11 is 1.41. The number of nitrogens with zero attached hydrogens (tertiary/aromatic N) is 4. The molecule has 0 aliphatic carbocycles. The zero-order valence-corrected chi connectivity index (χ0v) is 11.1. The number of hydrogen-bond acceptors (Lipinski definition) is 6. The largest absolute Gasteiger partial charge is 0.468 e.